The van der Waals surface area contributed by atoms with E-state index in [2.05, 4.69) is 42.7 Å². The van der Waals surface area contributed by atoms with Crippen molar-refractivity contribution in [2.24, 2.45) is 9.98 Å². The lowest BCUT2D eigenvalue weighted by Gasteiger charge is -2.16. The van der Waals surface area contributed by atoms with Crippen molar-refractivity contribution in [3.05, 3.63) is 27.9 Å². The Labute approximate surface area is 101 Å². The fourth-order valence-electron chi connectivity index (χ4n) is 1.14. The molecule has 2 rings (SSSR count). The maximum atomic E-state index is 4.57. The monoisotopic (exact) mass is 237 g/mol. The number of aromatic nitrogens is 1. The molecule has 0 aliphatic carbocycles. The summed E-state index contributed by atoms with van der Waals surface area (Å²) in [5.41, 5.74) is 2.43. The van der Waals surface area contributed by atoms with E-state index in [1.54, 1.807) is 5.51 Å². The van der Waals surface area contributed by atoms with Crippen molar-refractivity contribution in [3.8, 4) is 0 Å². The van der Waals surface area contributed by atoms with Gasteiger partial charge in [0.15, 0.2) is 10.2 Å². The predicted octanol–water partition coefficient (Wildman–Crippen LogP) is 2.49. The van der Waals surface area contributed by atoms with Crippen molar-refractivity contribution in [2.45, 2.75) is 46.1 Å². The molecule has 16 heavy (non-hydrogen) atoms. The Bertz CT molecular complexity index is 461. The summed E-state index contributed by atoms with van der Waals surface area (Å²) in [4.78, 5) is 13.0. The van der Waals surface area contributed by atoms with Gasteiger partial charge in [-0.15, -0.1) is 11.3 Å². The SMILES string of the molecule is CCC.CCC1(C)C=CN=c2scnc2=N1. The summed E-state index contributed by atoms with van der Waals surface area (Å²) in [5, 5.41) is 0. The molecule has 0 saturated carbocycles. The minimum atomic E-state index is -0.136. The Morgan fingerprint density at radius 2 is 2.00 bits per heavy atom. The third-order valence-electron chi connectivity index (χ3n) is 2.23. The Hall–Kier alpha value is -1.03. The summed E-state index contributed by atoms with van der Waals surface area (Å²) in [6.07, 6.45) is 6.08. The summed E-state index contributed by atoms with van der Waals surface area (Å²) in [6.45, 7) is 8.46. The van der Waals surface area contributed by atoms with Crippen molar-refractivity contribution >= 4 is 11.3 Å². The maximum absolute atomic E-state index is 4.57. The van der Waals surface area contributed by atoms with Crippen molar-refractivity contribution in [3.63, 3.8) is 0 Å². The molecule has 0 amide bonds. The van der Waals surface area contributed by atoms with Crippen LogP contribution in [-0.4, -0.2) is 10.5 Å². The van der Waals surface area contributed by atoms with Crippen LogP contribution in [0.5, 0.6) is 0 Å². The molecule has 3 nitrogen and oxygen atoms in total. The smallest absolute Gasteiger partial charge is 0.185 e. The van der Waals surface area contributed by atoms with Crippen molar-refractivity contribution < 1.29 is 0 Å². The summed E-state index contributed by atoms with van der Waals surface area (Å²) in [6, 6.07) is 0. The number of nitrogens with zero attached hydrogens (tertiary/aromatic N) is 3. The van der Waals surface area contributed by atoms with Crippen LogP contribution >= 0.6 is 11.3 Å². The number of thiazole rings is 1. The highest BCUT2D eigenvalue weighted by molar-refractivity contribution is 7.06. The van der Waals surface area contributed by atoms with Gasteiger partial charge >= 0.3 is 0 Å². The van der Waals surface area contributed by atoms with Crippen molar-refractivity contribution in [2.75, 3.05) is 0 Å². The first kappa shape index (κ1) is 13.0. The van der Waals surface area contributed by atoms with Crippen LogP contribution in [0, 0.1) is 0 Å². The lowest BCUT2D eigenvalue weighted by atomic mass is 10.0. The molecule has 1 aliphatic rings. The van der Waals surface area contributed by atoms with E-state index in [1.165, 1.54) is 17.8 Å². The molecular weight excluding hydrogens is 218 g/mol. The molecule has 0 aromatic carbocycles. The van der Waals surface area contributed by atoms with Gasteiger partial charge in [0.25, 0.3) is 0 Å². The van der Waals surface area contributed by atoms with Gasteiger partial charge in [-0.05, 0) is 19.4 Å². The first-order chi connectivity index (χ1) is 7.65. The van der Waals surface area contributed by atoms with Crippen LogP contribution in [0.25, 0.3) is 0 Å². The van der Waals surface area contributed by atoms with Gasteiger partial charge in [-0.1, -0.05) is 27.2 Å². The van der Waals surface area contributed by atoms with Crippen molar-refractivity contribution in [1.82, 2.24) is 4.98 Å². The Balaban J connectivity index is 0.000000386. The molecule has 0 fully saturated rings. The molecule has 1 aromatic heterocycles. The average Bonchev–Trinajstić information content (AvgIpc) is 2.61. The molecule has 0 bridgehead atoms. The standard InChI is InChI=1S/C9H11N3S.C3H8/c1-3-9(2)4-5-10-8-7(12-9)11-6-13-8;1-3-2/h4-6H,3H2,1-2H3;3H2,1-2H3. The van der Waals surface area contributed by atoms with Gasteiger partial charge in [0, 0.05) is 6.20 Å². The third kappa shape index (κ3) is 3.23. The van der Waals surface area contributed by atoms with E-state index in [1.807, 2.05) is 12.3 Å². The summed E-state index contributed by atoms with van der Waals surface area (Å²) in [5.74, 6) is 0. The Morgan fingerprint density at radius 1 is 1.31 bits per heavy atom. The van der Waals surface area contributed by atoms with Crippen LogP contribution < -0.4 is 10.2 Å². The number of rotatable bonds is 1. The van der Waals surface area contributed by atoms with Crippen LogP contribution in [-0.2, 0) is 0 Å². The lowest BCUT2D eigenvalue weighted by Crippen LogP contribution is -2.27. The minimum Gasteiger partial charge on any atom is -0.253 e. The predicted molar refractivity (Wildman–Crippen MR) is 68.2 cm³/mol. The summed E-state index contributed by atoms with van der Waals surface area (Å²) < 4.78 is 0.911. The van der Waals surface area contributed by atoms with E-state index in [4.69, 9.17) is 0 Å². The van der Waals surface area contributed by atoms with Gasteiger partial charge in [0.1, 0.15) is 0 Å². The molecule has 1 aliphatic heterocycles. The van der Waals surface area contributed by atoms with Crippen LogP contribution in [0.2, 0.25) is 0 Å². The number of hydrogen-bond acceptors (Lipinski definition) is 4. The van der Waals surface area contributed by atoms with E-state index in [0.29, 0.717) is 0 Å². The third-order valence-corrected chi connectivity index (χ3v) is 2.96. The highest BCUT2D eigenvalue weighted by atomic mass is 32.1. The van der Waals surface area contributed by atoms with Crippen molar-refractivity contribution in [1.29, 1.82) is 0 Å². The zero-order chi connectivity index (χ0) is 12.0. The first-order valence-electron chi connectivity index (χ1n) is 5.70. The Kier molecular flexibility index (Phi) is 4.80. The lowest BCUT2D eigenvalue weighted by molar-refractivity contribution is 0.549. The van der Waals surface area contributed by atoms with Gasteiger partial charge in [-0.25, -0.2) is 9.98 Å². The highest BCUT2D eigenvalue weighted by Gasteiger charge is 2.17. The molecule has 0 N–H and O–H groups in total. The van der Waals surface area contributed by atoms with Crippen LogP contribution in [0.3, 0.4) is 0 Å². The van der Waals surface area contributed by atoms with Crippen LogP contribution in [0.15, 0.2) is 27.8 Å². The summed E-state index contributed by atoms with van der Waals surface area (Å²) in [7, 11) is 0. The zero-order valence-corrected chi connectivity index (χ0v) is 11.2. The van der Waals surface area contributed by atoms with Gasteiger partial charge in [-0.3, -0.25) is 4.99 Å². The second-order valence-electron chi connectivity index (χ2n) is 3.96. The van der Waals surface area contributed by atoms with Crippen LogP contribution in [0.4, 0.5) is 0 Å². The quantitative estimate of drug-likeness (QED) is 0.739. The fraction of sp³-hybridized carbons (Fsp3) is 0.583. The van der Waals surface area contributed by atoms with Crippen LogP contribution in [0.1, 0.15) is 40.5 Å². The molecule has 0 saturated heterocycles. The van der Waals surface area contributed by atoms with Gasteiger partial charge in [-0.2, -0.15) is 0 Å². The average molecular weight is 237 g/mol. The molecule has 0 radical (unpaired) electrons. The number of fused-ring (bicyclic) bond motifs is 1. The largest absolute Gasteiger partial charge is 0.253 e. The first-order valence-corrected chi connectivity index (χ1v) is 6.58. The van der Waals surface area contributed by atoms with E-state index < -0.39 is 0 Å². The molecule has 1 unspecified atom stereocenters. The second-order valence-corrected chi connectivity index (χ2v) is 4.79. The van der Waals surface area contributed by atoms with Gasteiger partial charge in [0.2, 0.25) is 0 Å². The molecule has 1 aromatic rings. The van der Waals surface area contributed by atoms with Gasteiger partial charge in [0.05, 0.1) is 11.0 Å². The molecular formula is C12H19N3S. The summed E-state index contributed by atoms with van der Waals surface area (Å²) >= 11 is 1.53. The molecule has 2 heterocycles. The molecule has 1 atom stereocenters. The maximum Gasteiger partial charge on any atom is 0.185 e. The molecule has 88 valence electrons. The molecule has 0 spiro atoms. The minimum absolute atomic E-state index is 0.136. The Morgan fingerprint density at radius 3 is 2.62 bits per heavy atom. The second kappa shape index (κ2) is 5.89. The van der Waals surface area contributed by atoms with E-state index in [0.717, 1.165) is 16.6 Å². The molecule has 4 heteroatoms. The highest BCUT2D eigenvalue weighted by Crippen LogP contribution is 2.16. The zero-order valence-electron chi connectivity index (χ0n) is 10.4. The normalized spacial score (nSPS) is 22.0. The fourth-order valence-corrected chi connectivity index (χ4v) is 1.72. The van der Waals surface area contributed by atoms with E-state index >= 15 is 0 Å². The van der Waals surface area contributed by atoms with Gasteiger partial charge < -0.3 is 0 Å². The van der Waals surface area contributed by atoms with E-state index in [-0.39, 0.29) is 5.54 Å². The number of hydrogen-bond donors (Lipinski definition) is 0. The van der Waals surface area contributed by atoms with E-state index in [9.17, 15) is 0 Å². The topological polar surface area (TPSA) is 37.6 Å².